The highest BCUT2D eigenvalue weighted by molar-refractivity contribution is 5.40. The van der Waals surface area contributed by atoms with Crippen LogP contribution in [0.15, 0.2) is 48.5 Å². The summed E-state index contributed by atoms with van der Waals surface area (Å²) in [5.41, 5.74) is 4.19. The van der Waals surface area contributed by atoms with Crippen LogP contribution in [0.2, 0.25) is 0 Å². The van der Waals surface area contributed by atoms with Crippen molar-refractivity contribution in [2.45, 2.75) is 83.3 Å². The van der Waals surface area contributed by atoms with E-state index in [4.69, 9.17) is 4.74 Å². The first-order valence-corrected chi connectivity index (χ1v) is 13.2. The van der Waals surface area contributed by atoms with Crippen LogP contribution in [0.25, 0.3) is 0 Å². The molecule has 0 aromatic heterocycles. The lowest BCUT2D eigenvalue weighted by atomic mass is 9.52. The molecule has 0 aliphatic heterocycles. The lowest BCUT2D eigenvalue weighted by Gasteiger charge is -2.53. The first kappa shape index (κ1) is 22.9. The van der Waals surface area contributed by atoms with E-state index >= 15 is 0 Å². The summed E-state index contributed by atoms with van der Waals surface area (Å²) in [6.45, 7) is 3.89. The number of fused-ring (bicyclic) bond motifs is 5. The third-order valence-electron chi connectivity index (χ3n) is 9.31. The van der Waals surface area contributed by atoms with E-state index in [0.29, 0.717) is 36.0 Å². The molecular weight excluding hydrogens is 408 g/mol. The van der Waals surface area contributed by atoms with Crippen LogP contribution in [0.3, 0.4) is 0 Å². The Kier molecular flexibility index (Phi) is 6.81. The second-order valence-electron chi connectivity index (χ2n) is 11.2. The number of phenols is 1. The van der Waals surface area contributed by atoms with Crippen LogP contribution in [0.1, 0.15) is 80.9 Å². The fraction of sp³-hybridized carbons (Fsp3) is 0.600. The molecule has 33 heavy (non-hydrogen) atoms. The Bertz CT molecular complexity index is 925. The van der Waals surface area contributed by atoms with E-state index < -0.39 is 0 Å². The van der Waals surface area contributed by atoms with E-state index in [1.54, 1.807) is 0 Å². The van der Waals surface area contributed by atoms with E-state index in [-0.39, 0.29) is 11.5 Å². The van der Waals surface area contributed by atoms with E-state index in [9.17, 15) is 10.2 Å². The Morgan fingerprint density at radius 3 is 2.70 bits per heavy atom. The standard InChI is InChI=1S/C30H40O3/c1-30-16-15-26-25-12-11-24(31)19-23(25)18-22(29(26)27(30)13-14-28(30)32)10-6-3-7-17-33-20-21-8-4-2-5-9-21/h2,4-5,8-9,11-12,19,22,26-29,31-32H,3,6-7,10,13-18,20H2,1H3/t22-,26-,27+,28+,29-,30+/m1/s1. The van der Waals surface area contributed by atoms with Crippen molar-refractivity contribution in [3.63, 3.8) is 0 Å². The monoisotopic (exact) mass is 448 g/mol. The van der Waals surface area contributed by atoms with Gasteiger partial charge >= 0.3 is 0 Å². The van der Waals surface area contributed by atoms with Crippen molar-refractivity contribution in [1.82, 2.24) is 0 Å². The third kappa shape index (κ3) is 4.59. The number of aliphatic hydroxyl groups excluding tert-OH is 1. The molecule has 0 radical (unpaired) electrons. The zero-order chi connectivity index (χ0) is 22.8. The molecule has 2 fully saturated rings. The van der Waals surface area contributed by atoms with Gasteiger partial charge in [0.25, 0.3) is 0 Å². The number of ether oxygens (including phenoxy) is 1. The van der Waals surface area contributed by atoms with Gasteiger partial charge in [0.15, 0.2) is 0 Å². The summed E-state index contributed by atoms with van der Waals surface area (Å²) >= 11 is 0. The second kappa shape index (κ2) is 9.80. The molecule has 2 aromatic carbocycles. The van der Waals surface area contributed by atoms with Gasteiger partial charge in [-0.3, -0.25) is 0 Å². The predicted molar refractivity (Wildman–Crippen MR) is 132 cm³/mol. The summed E-state index contributed by atoms with van der Waals surface area (Å²) in [4.78, 5) is 0. The molecule has 0 unspecified atom stereocenters. The molecule has 0 spiro atoms. The molecule has 3 heteroatoms. The van der Waals surface area contributed by atoms with Crippen LogP contribution < -0.4 is 0 Å². The summed E-state index contributed by atoms with van der Waals surface area (Å²) in [6.07, 6.45) is 10.2. The zero-order valence-electron chi connectivity index (χ0n) is 20.1. The summed E-state index contributed by atoms with van der Waals surface area (Å²) < 4.78 is 5.88. The van der Waals surface area contributed by atoms with Gasteiger partial charge in [0, 0.05) is 6.61 Å². The van der Waals surface area contributed by atoms with Gasteiger partial charge in [-0.25, -0.2) is 0 Å². The minimum atomic E-state index is -0.132. The number of unbranched alkanes of at least 4 members (excludes halogenated alkanes) is 2. The Balaban J connectivity index is 1.20. The summed E-state index contributed by atoms with van der Waals surface area (Å²) in [5.74, 6) is 2.96. The van der Waals surface area contributed by atoms with Crippen LogP contribution in [0, 0.1) is 23.2 Å². The highest BCUT2D eigenvalue weighted by atomic mass is 16.5. The lowest BCUT2D eigenvalue weighted by Crippen LogP contribution is -2.47. The maximum atomic E-state index is 10.8. The number of hydrogen-bond acceptors (Lipinski definition) is 3. The largest absolute Gasteiger partial charge is 0.508 e. The third-order valence-corrected chi connectivity index (χ3v) is 9.31. The minimum Gasteiger partial charge on any atom is -0.508 e. The van der Waals surface area contributed by atoms with Crippen LogP contribution in [-0.2, 0) is 17.8 Å². The van der Waals surface area contributed by atoms with Gasteiger partial charge in [-0.05, 0) is 103 Å². The van der Waals surface area contributed by atoms with E-state index in [0.717, 1.165) is 32.3 Å². The SMILES string of the molecule is C[C@]12CC[C@@H]3c4ccc(O)cc4C[C@@H](CCCCCOCc4ccccc4)[C@H]3[C@@H]1CC[C@@H]2O. The van der Waals surface area contributed by atoms with Crippen molar-refractivity contribution in [2.75, 3.05) is 6.61 Å². The number of rotatable bonds is 8. The molecule has 3 aliphatic carbocycles. The summed E-state index contributed by atoms with van der Waals surface area (Å²) in [6, 6.07) is 16.5. The molecule has 3 aliphatic rings. The maximum absolute atomic E-state index is 10.8. The Labute approximate surface area is 199 Å². The van der Waals surface area contributed by atoms with E-state index in [2.05, 4.69) is 37.3 Å². The van der Waals surface area contributed by atoms with Crippen LogP contribution >= 0.6 is 0 Å². The first-order chi connectivity index (χ1) is 16.1. The maximum Gasteiger partial charge on any atom is 0.115 e. The molecule has 3 nitrogen and oxygen atoms in total. The zero-order valence-corrected chi connectivity index (χ0v) is 20.1. The van der Waals surface area contributed by atoms with Gasteiger partial charge in [-0.2, -0.15) is 0 Å². The summed E-state index contributed by atoms with van der Waals surface area (Å²) in [7, 11) is 0. The average molecular weight is 449 g/mol. The fourth-order valence-electron chi connectivity index (χ4n) is 7.58. The van der Waals surface area contributed by atoms with Crippen molar-refractivity contribution in [3.05, 3.63) is 65.2 Å². The molecule has 2 aromatic rings. The fourth-order valence-corrected chi connectivity index (χ4v) is 7.58. The second-order valence-corrected chi connectivity index (χ2v) is 11.2. The van der Waals surface area contributed by atoms with Gasteiger partial charge in [0.1, 0.15) is 5.75 Å². The first-order valence-electron chi connectivity index (χ1n) is 13.2. The van der Waals surface area contributed by atoms with Crippen LogP contribution in [0.4, 0.5) is 0 Å². The highest BCUT2D eigenvalue weighted by Crippen LogP contribution is 2.62. The smallest absolute Gasteiger partial charge is 0.115 e. The molecule has 178 valence electrons. The number of hydrogen-bond donors (Lipinski definition) is 2. The van der Waals surface area contributed by atoms with Gasteiger partial charge in [0.05, 0.1) is 12.7 Å². The van der Waals surface area contributed by atoms with Crippen molar-refractivity contribution >= 4 is 0 Å². The molecule has 2 N–H and O–H groups in total. The van der Waals surface area contributed by atoms with Crippen LogP contribution in [-0.4, -0.2) is 22.9 Å². The Morgan fingerprint density at radius 1 is 1.00 bits per heavy atom. The van der Waals surface area contributed by atoms with Gasteiger partial charge in [-0.1, -0.05) is 56.2 Å². The molecule has 0 amide bonds. The minimum absolute atomic E-state index is 0.0963. The topological polar surface area (TPSA) is 49.7 Å². The number of aliphatic hydroxyl groups is 1. The molecule has 0 bridgehead atoms. The van der Waals surface area contributed by atoms with E-state index in [1.165, 1.54) is 48.8 Å². The molecular formula is C30H40O3. The normalized spacial score (nSPS) is 32.7. The predicted octanol–water partition coefficient (Wildman–Crippen LogP) is 6.61. The van der Waals surface area contributed by atoms with Gasteiger partial charge in [0.2, 0.25) is 0 Å². The molecule has 5 rings (SSSR count). The van der Waals surface area contributed by atoms with Crippen molar-refractivity contribution in [3.8, 4) is 5.75 Å². The lowest BCUT2D eigenvalue weighted by molar-refractivity contribution is -0.0396. The highest BCUT2D eigenvalue weighted by Gasteiger charge is 2.56. The Morgan fingerprint density at radius 2 is 1.85 bits per heavy atom. The Hall–Kier alpha value is -1.84. The van der Waals surface area contributed by atoms with Crippen molar-refractivity contribution in [1.29, 1.82) is 0 Å². The molecule has 6 atom stereocenters. The average Bonchev–Trinajstić information content (AvgIpc) is 3.13. The molecule has 0 saturated heterocycles. The quantitative estimate of drug-likeness (QED) is 0.447. The number of aromatic hydroxyl groups is 1. The molecule has 2 saturated carbocycles. The van der Waals surface area contributed by atoms with Crippen molar-refractivity contribution in [2.24, 2.45) is 23.2 Å². The van der Waals surface area contributed by atoms with E-state index in [1.807, 2.05) is 18.2 Å². The number of phenolic OH excluding ortho intramolecular Hbond substituents is 1. The van der Waals surface area contributed by atoms with Gasteiger partial charge < -0.3 is 14.9 Å². The van der Waals surface area contributed by atoms with Crippen LogP contribution in [0.5, 0.6) is 5.75 Å². The van der Waals surface area contributed by atoms with Gasteiger partial charge in [-0.15, -0.1) is 0 Å². The molecule has 0 heterocycles. The number of benzene rings is 2. The van der Waals surface area contributed by atoms with Crippen molar-refractivity contribution < 1.29 is 14.9 Å². The summed E-state index contributed by atoms with van der Waals surface area (Å²) in [5, 5.41) is 21.0.